The second-order valence-corrected chi connectivity index (χ2v) is 7.17. The first-order valence-corrected chi connectivity index (χ1v) is 9.17. The van der Waals surface area contributed by atoms with Gasteiger partial charge >= 0.3 is 6.03 Å². The second-order valence-electron chi connectivity index (χ2n) is 7.17. The summed E-state index contributed by atoms with van der Waals surface area (Å²) in [5.74, 6) is -0.172. The number of hydrogen-bond acceptors (Lipinski definition) is 3. The number of likely N-dealkylation sites (tertiary alicyclic amines) is 1. The summed E-state index contributed by atoms with van der Waals surface area (Å²) >= 11 is 0. The number of carbonyl (C=O) groups is 3. The van der Waals surface area contributed by atoms with Crippen LogP contribution >= 0.6 is 0 Å². The zero-order valence-electron chi connectivity index (χ0n) is 14.2. The summed E-state index contributed by atoms with van der Waals surface area (Å²) in [4.78, 5) is 41.4. The number of rotatable bonds is 2. The fourth-order valence-corrected chi connectivity index (χ4v) is 4.36. The van der Waals surface area contributed by atoms with Crippen LogP contribution in [0.3, 0.4) is 0 Å². The van der Waals surface area contributed by atoms with E-state index < -0.39 is 12.1 Å². The van der Waals surface area contributed by atoms with Gasteiger partial charge in [-0.15, -0.1) is 0 Å². The Bertz CT molecular complexity index is 684. The highest BCUT2D eigenvalue weighted by atomic mass is 16.2. The van der Waals surface area contributed by atoms with Crippen molar-refractivity contribution in [1.29, 1.82) is 0 Å². The summed E-state index contributed by atoms with van der Waals surface area (Å²) in [6.07, 6.45) is 5.82. The van der Waals surface area contributed by atoms with Crippen LogP contribution in [0.5, 0.6) is 0 Å². The number of nitrogens with one attached hydrogen (secondary N) is 1. The molecular formula is C19H23N3O3. The van der Waals surface area contributed by atoms with Crippen LogP contribution in [0.25, 0.3) is 0 Å². The van der Waals surface area contributed by atoms with Gasteiger partial charge in [0.1, 0.15) is 6.04 Å². The van der Waals surface area contributed by atoms with Crippen LogP contribution in [-0.2, 0) is 9.59 Å². The van der Waals surface area contributed by atoms with E-state index in [0.29, 0.717) is 18.7 Å². The minimum absolute atomic E-state index is 0.0307. The first kappa shape index (κ1) is 16.1. The number of benzene rings is 1. The quantitative estimate of drug-likeness (QED) is 0.897. The van der Waals surface area contributed by atoms with Crippen molar-refractivity contribution in [2.75, 3.05) is 11.4 Å². The molecule has 2 atom stereocenters. The summed E-state index contributed by atoms with van der Waals surface area (Å²) in [6, 6.07) is 7.65. The summed E-state index contributed by atoms with van der Waals surface area (Å²) in [7, 11) is 0. The molecule has 1 aromatic carbocycles. The van der Waals surface area contributed by atoms with Crippen molar-refractivity contribution in [3.05, 3.63) is 30.3 Å². The number of fused-ring (bicyclic) bond motifs is 1. The van der Waals surface area contributed by atoms with E-state index in [9.17, 15) is 14.4 Å². The summed E-state index contributed by atoms with van der Waals surface area (Å²) < 4.78 is 0. The Morgan fingerprint density at radius 3 is 2.44 bits per heavy atom. The predicted octanol–water partition coefficient (Wildman–Crippen LogP) is 2.29. The average Bonchev–Trinajstić information content (AvgIpc) is 3.06. The SMILES string of the molecule is O=C1N[C@@H]2CCN(C(=O)C3CCCCC3)[C@H]2C(=O)N1c1ccccc1. The van der Waals surface area contributed by atoms with Crippen LogP contribution in [-0.4, -0.2) is 41.4 Å². The number of nitrogens with zero attached hydrogens (tertiary/aromatic N) is 2. The van der Waals surface area contributed by atoms with Gasteiger partial charge in [-0.3, -0.25) is 9.59 Å². The Balaban J connectivity index is 1.58. The molecule has 1 aromatic rings. The lowest BCUT2D eigenvalue weighted by molar-refractivity contribution is -0.142. The maximum atomic E-state index is 13.1. The molecule has 4 amide bonds. The van der Waals surface area contributed by atoms with Gasteiger partial charge in [0.05, 0.1) is 11.7 Å². The number of hydrogen-bond donors (Lipinski definition) is 1. The zero-order valence-corrected chi connectivity index (χ0v) is 14.2. The predicted molar refractivity (Wildman–Crippen MR) is 92.9 cm³/mol. The Morgan fingerprint density at radius 1 is 1.00 bits per heavy atom. The summed E-state index contributed by atoms with van der Waals surface area (Å²) in [5, 5.41) is 2.92. The van der Waals surface area contributed by atoms with Gasteiger partial charge in [-0.2, -0.15) is 0 Å². The molecule has 6 nitrogen and oxygen atoms in total. The molecule has 0 spiro atoms. The van der Waals surface area contributed by atoms with Crippen LogP contribution in [0.15, 0.2) is 30.3 Å². The van der Waals surface area contributed by atoms with Crippen molar-refractivity contribution in [2.45, 2.75) is 50.6 Å². The Labute approximate surface area is 147 Å². The van der Waals surface area contributed by atoms with E-state index >= 15 is 0 Å². The van der Waals surface area contributed by atoms with E-state index in [4.69, 9.17) is 0 Å². The van der Waals surface area contributed by atoms with Crippen molar-refractivity contribution in [3.8, 4) is 0 Å². The minimum Gasteiger partial charge on any atom is -0.332 e. The van der Waals surface area contributed by atoms with Crippen molar-refractivity contribution in [2.24, 2.45) is 5.92 Å². The van der Waals surface area contributed by atoms with Gasteiger partial charge < -0.3 is 10.2 Å². The molecule has 0 unspecified atom stereocenters. The lowest BCUT2D eigenvalue weighted by Gasteiger charge is -2.38. The third kappa shape index (κ3) is 2.79. The van der Waals surface area contributed by atoms with E-state index in [2.05, 4.69) is 5.32 Å². The number of imide groups is 1. The maximum absolute atomic E-state index is 13.1. The van der Waals surface area contributed by atoms with Crippen molar-refractivity contribution in [3.63, 3.8) is 0 Å². The number of carbonyl (C=O) groups excluding carboxylic acids is 3. The van der Waals surface area contributed by atoms with Gasteiger partial charge in [-0.25, -0.2) is 9.69 Å². The van der Waals surface area contributed by atoms with Gasteiger partial charge in [-0.1, -0.05) is 37.5 Å². The molecule has 6 heteroatoms. The maximum Gasteiger partial charge on any atom is 0.329 e. The molecule has 0 radical (unpaired) electrons. The normalized spacial score (nSPS) is 27.2. The molecule has 1 aliphatic carbocycles. The largest absolute Gasteiger partial charge is 0.332 e. The lowest BCUT2D eigenvalue weighted by atomic mass is 9.88. The van der Waals surface area contributed by atoms with E-state index in [1.807, 2.05) is 6.07 Å². The zero-order chi connectivity index (χ0) is 17.4. The molecule has 3 fully saturated rings. The highest BCUT2D eigenvalue weighted by molar-refractivity contribution is 6.19. The molecular weight excluding hydrogens is 318 g/mol. The molecule has 3 aliphatic rings. The van der Waals surface area contributed by atoms with Gasteiger partial charge in [0, 0.05) is 12.5 Å². The van der Waals surface area contributed by atoms with E-state index in [1.54, 1.807) is 29.2 Å². The molecule has 2 heterocycles. The standard InChI is InChI=1S/C19H23N3O3/c23-17(13-7-3-1-4-8-13)21-12-11-15-16(21)18(24)22(19(25)20-15)14-9-5-2-6-10-14/h2,5-6,9-10,13,15-16H,1,3-4,7-8,11-12H2,(H,20,25)/t15-,16-/m1/s1. The van der Waals surface area contributed by atoms with Crippen LogP contribution < -0.4 is 10.2 Å². The fourth-order valence-electron chi connectivity index (χ4n) is 4.36. The molecule has 0 bridgehead atoms. The van der Waals surface area contributed by atoms with E-state index in [-0.39, 0.29) is 23.8 Å². The first-order chi connectivity index (χ1) is 12.2. The van der Waals surface area contributed by atoms with Crippen molar-refractivity contribution >= 4 is 23.5 Å². The summed E-state index contributed by atoms with van der Waals surface area (Å²) in [6.45, 7) is 0.541. The number of para-hydroxylation sites is 1. The number of urea groups is 1. The highest BCUT2D eigenvalue weighted by Crippen LogP contribution is 2.32. The smallest absolute Gasteiger partial charge is 0.329 e. The monoisotopic (exact) mass is 341 g/mol. The van der Waals surface area contributed by atoms with Gasteiger partial charge in [0.25, 0.3) is 5.91 Å². The summed E-state index contributed by atoms with van der Waals surface area (Å²) in [5.41, 5.74) is 0.542. The minimum atomic E-state index is -0.577. The molecule has 2 aliphatic heterocycles. The Morgan fingerprint density at radius 2 is 1.72 bits per heavy atom. The average molecular weight is 341 g/mol. The molecule has 0 aromatic heterocycles. The van der Waals surface area contributed by atoms with E-state index in [1.165, 1.54) is 11.3 Å². The van der Waals surface area contributed by atoms with E-state index in [0.717, 1.165) is 25.7 Å². The second kappa shape index (κ2) is 6.50. The van der Waals surface area contributed by atoms with Gasteiger partial charge in [-0.05, 0) is 31.4 Å². The highest BCUT2D eigenvalue weighted by Gasteiger charge is 2.50. The molecule has 25 heavy (non-hydrogen) atoms. The molecule has 4 rings (SSSR count). The lowest BCUT2D eigenvalue weighted by Crippen LogP contribution is -2.65. The van der Waals surface area contributed by atoms with Crippen LogP contribution in [0.4, 0.5) is 10.5 Å². The molecule has 1 N–H and O–H groups in total. The topological polar surface area (TPSA) is 69.7 Å². The van der Waals surface area contributed by atoms with Gasteiger partial charge in [0.15, 0.2) is 0 Å². The van der Waals surface area contributed by atoms with Crippen LogP contribution in [0, 0.1) is 5.92 Å². The third-order valence-corrected chi connectivity index (χ3v) is 5.64. The molecule has 2 saturated heterocycles. The number of anilines is 1. The Kier molecular flexibility index (Phi) is 4.19. The molecule has 1 saturated carbocycles. The Hall–Kier alpha value is -2.37. The van der Waals surface area contributed by atoms with Gasteiger partial charge in [0.2, 0.25) is 5.91 Å². The van der Waals surface area contributed by atoms with Crippen molar-refractivity contribution in [1.82, 2.24) is 10.2 Å². The number of amides is 4. The van der Waals surface area contributed by atoms with Crippen LogP contribution in [0.2, 0.25) is 0 Å². The van der Waals surface area contributed by atoms with Crippen LogP contribution in [0.1, 0.15) is 38.5 Å². The third-order valence-electron chi connectivity index (χ3n) is 5.64. The fraction of sp³-hybridized carbons (Fsp3) is 0.526. The van der Waals surface area contributed by atoms with Crippen molar-refractivity contribution < 1.29 is 14.4 Å². The first-order valence-electron chi connectivity index (χ1n) is 9.17. The molecule has 132 valence electrons.